The maximum atomic E-state index is 9.14. The van der Waals surface area contributed by atoms with E-state index in [4.69, 9.17) is 26.4 Å². The van der Waals surface area contributed by atoms with Gasteiger partial charge in [-0.2, -0.15) is 0 Å². The van der Waals surface area contributed by atoms with Crippen molar-refractivity contribution in [1.29, 1.82) is 0 Å². The second-order valence-corrected chi connectivity index (χ2v) is 10.00. The van der Waals surface area contributed by atoms with Crippen molar-refractivity contribution in [1.82, 2.24) is 15.0 Å². The van der Waals surface area contributed by atoms with Gasteiger partial charge in [-0.05, 0) is 68.0 Å². The summed E-state index contributed by atoms with van der Waals surface area (Å²) in [5.74, 6) is 0.220. The summed E-state index contributed by atoms with van der Waals surface area (Å²) in [4.78, 5) is 14.2. The molecule has 0 aliphatic heterocycles. The van der Waals surface area contributed by atoms with Crippen LogP contribution >= 0.6 is 0 Å². The van der Waals surface area contributed by atoms with Crippen molar-refractivity contribution in [2.45, 2.75) is 0 Å². The Kier molecular flexibility index (Phi) is 4.03. The molecule has 0 unspecified atom stereocenters. The fraction of sp³-hybridized carbons (Fsp3) is 0. The molecule has 3 heteroatoms. The second kappa shape index (κ2) is 11.0. The molecule has 0 aliphatic carbocycles. The predicted molar refractivity (Wildman–Crippen MR) is 182 cm³/mol. The van der Waals surface area contributed by atoms with E-state index in [1.54, 1.807) is 48.5 Å². The minimum Gasteiger partial charge on any atom is -0.208 e. The molecule has 0 saturated heterocycles. The lowest BCUT2D eigenvalue weighted by atomic mass is 9.92. The number of benzene rings is 7. The molecule has 0 aliphatic rings. The molecule has 0 saturated carbocycles. The highest BCUT2D eigenvalue weighted by Crippen LogP contribution is 2.36. The Balaban J connectivity index is 1.37. The van der Waals surface area contributed by atoms with Gasteiger partial charge in [-0.1, -0.05) is 139 Å². The molecule has 8 rings (SSSR count). The van der Waals surface area contributed by atoms with Crippen LogP contribution in [0.2, 0.25) is 0 Å². The monoisotopic (exact) mass is 573 g/mol. The summed E-state index contributed by atoms with van der Waals surface area (Å²) < 4.78 is 102. The molecule has 1 heterocycles. The van der Waals surface area contributed by atoms with E-state index in [1.807, 2.05) is 42.5 Å². The van der Waals surface area contributed by atoms with E-state index in [9.17, 15) is 0 Å². The third-order valence-electron chi connectivity index (χ3n) is 7.22. The molecule has 0 N–H and O–H groups in total. The summed E-state index contributed by atoms with van der Waals surface area (Å²) in [5.41, 5.74) is 2.80. The highest BCUT2D eigenvalue weighted by molar-refractivity contribution is 6.00. The minimum absolute atomic E-state index is 0.0696. The number of rotatable bonds is 5. The van der Waals surface area contributed by atoms with Crippen molar-refractivity contribution in [2.75, 3.05) is 0 Å². The van der Waals surface area contributed by atoms with Gasteiger partial charge in [0, 0.05) is 16.7 Å². The SMILES string of the molecule is [2H]c1c([2H])c([2H])c(-c2cc(-c3cccc(-c4nc(-c5ccccc5)nc(-c5c([2H])c([2H])c6c([2H])c([2H])c([2H])c([2H])c6c5[2H])n4)c3)c3ccccc3c2)c([2H])c1[2H]. The Morgan fingerprint density at radius 2 is 1.05 bits per heavy atom. The lowest BCUT2D eigenvalue weighted by molar-refractivity contribution is 1.07. The van der Waals surface area contributed by atoms with Crippen molar-refractivity contribution in [3.8, 4) is 56.4 Å². The molecule has 0 fully saturated rings. The van der Waals surface area contributed by atoms with Gasteiger partial charge in [0.05, 0.1) is 16.4 Å². The van der Waals surface area contributed by atoms with Gasteiger partial charge in [-0.3, -0.25) is 0 Å². The molecule has 0 bridgehead atoms. The van der Waals surface area contributed by atoms with Gasteiger partial charge in [0.2, 0.25) is 0 Å². The lowest BCUT2D eigenvalue weighted by Crippen LogP contribution is -2.00. The van der Waals surface area contributed by atoms with Crippen LogP contribution in [0.4, 0.5) is 0 Å². The molecule has 44 heavy (non-hydrogen) atoms. The van der Waals surface area contributed by atoms with Gasteiger partial charge in [0.15, 0.2) is 17.5 Å². The first kappa shape index (κ1) is 16.1. The van der Waals surface area contributed by atoms with Gasteiger partial charge >= 0.3 is 0 Å². The normalized spacial score (nSPS) is 15.0. The Labute approximate surface area is 273 Å². The third kappa shape index (κ3) is 4.91. The first-order valence-corrected chi connectivity index (χ1v) is 13.8. The van der Waals surface area contributed by atoms with E-state index in [0.29, 0.717) is 27.8 Å². The topological polar surface area (TPSA) is 38.7 Å². The van der Waals surface area contributed by atoms with Gasteiger partial charge in [0.25, 0.3) is 0 Å². The molecule has 7 aromatic carbocycles. The average Bonchev–Trinajstić information content (AvgIpc) is 3.22. The van der Waals surface area contributed by atoms with Crippen LogP contribution < -0.4 is 0 Å². The maximum Gasteiger partial charge on any atom is 0.164 e. The highest BCUT2D eigenvalue weighted by Gasteiger charge is 2.14. The van der Waals surface area contributed by atoms with Crippen molar-refractivity contribution in [2.24, 2.45) is 0 Å². The first-order chi connectivity index (χ1) is 26.8. The first-order valence-electron chi connectivity index (χ1n) is 19.8. The van der Waals surface area contributed by atoms with Gasteiger partial charge in [0.1, 0.15) is 0 Å². The standard InChI is InChI=1S/C41H27N3/c1-3-12-28(13-4-1)36-26-32-18-9-10-21-37(32)38(27-36)33-19-11-20-34(25-33)40-42-39(30-15-5-2-6-16-30)43-41(44-40)35-23-22-29-14-7-8-17-31(29)24-35/h1-27H/i1D,3D,4D,7D,8D,12D,13D,14D,17D,22D,23D,24D. The smallest absolute Gasteiger partial charge is 0.164 e. The molecule has 0 radical (unpaired) electrons. The van der Waals surface area contributed by atoms with E-state index in [0.717, 1.165) is 10.8 Å². The molecule has 206 valence electrons. The average molecular weight is 574 g/mol. The molecular formula is C41H27N3. The van der Waals surface area contributed by atoms with Crippen LogP contribution in [-0.4, -0.2) is 15.0 Å². The van der Waals surface area contributed by atoms with E-state index in [-0.39, 0.29) is 51.5 Å². The molecule has 1 aromatic heterocycles. The zero-order chi connectivity index (χ0) is 39.7. The molecule has 3 nitrogen and oxygen atoms in total. The molecule has 0 atom stereocenters. The summed E-state index contributed by atoms with van der Waals surface area (Å²) >= 11 is 0. The highest BCUT2D eigenvalue weighted by atomic mass is 15.0. The number of hydrogen-bond acceptors (Lipinski definition) is 3. The van der Waals surface area contributed by atoms with E-state index < -0.39 is 60.4 Å². The Bertz CT molecular complexity index is 2930. The third-order valence-corrected chi connectivity index (χ3v) is 7.22. The summed E-state index contributed by atoms with van der Waals surface area (Å²) in [5, 5.41) is 1.15. The summed E-state index contributed by atoms with van der Waals surface area (Å²) in [7, 11) is 0. The maximum absolute atomic E-state index is 9.14. The van der Waals surface area contributed by atoms with E-state index >= 15 is 0 Å². The van der Waals surface area contributed by atoms with Crippen LogP contribution in [0.3, 0.4) is 0 Å². The fourth-order valence-electron chi connectivity index (χ4n) is 5.14. The number of fused-ring (bicyclic) bond motifs is 2. The van der Waals surface area contributed by atoms with Crippen LogP contribution in [0.1, 0.15) is 16.4 Å². The zero-order valence-electron chi connectivity index (χ0n) is 35.0. The summed E-state index contributed by atoms with van der Waals surface area (Å²) in [6.45, 7) is 0. The fourth-order valence-corrected chi connectivity index (χ4v) is 5.14. The molecule has 0 amide bonds. The predicted octanol–water partition coefficient (Wildman–Crippen LogP) is 10.5. The van der Waals surface area contributed by atoms with Gasteiger partial charge in [-0.15, -0.1) is 0 Å². The van der Waals surface area contributed by atoms with Gasteiger partial charge in [-0.25, -0.2) is 15.0 Å². The quantitative estimate of drug-likeness (QED) is 0.206. The van der Waals surface area contributed by atoms with E-state index in [2.05, 4.69) is 4.98 Å². The van der Waals surface area contributed by atoms with Crippen LogP contribution in [0.25, 0.3) is 78.0 Å². The summed E-state index contributed by atoms with van der Waals surface area (Å²) in [6, 6.07) is 21.8. The molecular weight excluding hydrogens is 534 g/mol. The zero-order valence-corrected chi connectivity index (χ0v) is 23.0. The summed E-state index contributed by atoms with van der Waals surface area (Å²) in [6.07, 6.45) is 0. The van der Waals surface area contributed by atoms with Crippen molar-refractivity contribution in [3.05, 3.63) is 164 Å². The minimum atomic E-state index is -0.569. The Hall–Kier alpha value is -5.93. The number of nitrogens with zero attached hydrogens (tertiary/aromatic N) is 3. The number of hydrogen-bond donors (Lipinski definition) is 0. The van der Waals surface area contributed by atoms with Gasteiger partial charge < -0.3 is 0 Å². The van der Waals surface area contributed by atoms with Crippen molar-refractivity contribution < 1.29 is 16.4 Å². The van der Waals surface area contributed by atoms with Crippen LogP contribution in [0.15, 0.2) is 164 Å². The molecule has 0 spiro atoms. The van der Waals surface area contributed by atoms with E-state index in [1.165, 1.54) is 0 Å². The largest absolute Gasteiger partial charge is 0.208 e. The molecule has 8 aromatic rings. The number of aromatic nitrogens is 3. The van der Waals surface area contributed by atoms with Crippen molar-refractivity contribution in [3.63, 3.8) is 0 Å². The van der Waals surface area contributed by atoms with Crippen LogP contribution in [0, 0.1) is 0 Å². The van der Waals surface area contributed by atoms with Crippen molar-refractivity contribution >= 4 is 21.5 Å². The Morgan fingerprint density at radius 3 is 1.89 bits per heavy atom. The lowest BCUT2D eigenvalue weighted by Gasteiger charge is -2.13. The van der Waals surface area contributed by atoms with Crippen LogP contribution in [-0.2, 0) is 0 Å². The Morgan fingerprint density at radius 1 is 0.386 bits per heavy atom. The second-order valence-electron chi connectivity index (χ2n) is 10.00. The van der Waals surface area contributed by atoms with Crippen LogP contribution in [0.5, 0.6) is 0 Å².